The number of nitrogens with zero attached hydrogens (tertiary/aromatic N) is 11. The quantitative estimate of drug-likeness (QED) is 0.0254. The largest absolute Gasteiger partial charge is 0.494 e. The Labute approximate surface area is 403 Å². The second kappa shape index (κ2) is 21.4. The molecule has 0 spiro atoms. The molecule has 0 atom stereocenters. The second-order valence-corrected chi connectivity index (χ2v) is 19.6. The molecule has 5 N–H and O–H groups in total. The molecule has 3 heterocycles. The highest BCUT2D eigenvalue weighted by Crippen LogP contribution is 2.44. The zero-order chi connectivity index (χ0) is 48.8. The van der Waals surface area contributed by atoms with Crippen LogP contribution in [0.15, 0.2) is 96.1 Å². The number of fused-ring (bicyclic) bond motifs is 2. The molecule has 7 aromatic rings. The molecule has 358 valence electrons. The van der Waals surface area contributed by atoms with E-state index in [1.807, 2.05) is 39.8 Å². The molecule has 27 heteroatoms. The Balaban J connectivity index is 1.34. The molecule has 3 aromatic heterocycles. The van der Waals surface area contributed by atoms with E-state index in [-0.39, 0.29) is 60.6 Å². The lowest BCUT2D eigenvalue weighted by Gasteiger charge is -2.25. The maximum atomic E-state index is 12.0. The van der Waals surface area contributed by atoms with Crippen molar-refractivity contribution in [3.05, 3.63) is 60.7 Å². The van der Waals surface area contributed by atoms with Gasteiger partial charge in [-0.2, -0.15) is 40.5 Å². The number of methoxy groups -OCH3 is 2. The number of aliphatic hydroxyl groups is 1. The fourth-order valence-electron chi connectivity index (χ4n) is 6.82. The van der Waals surface area contributed by atoms with Gasteiger partial charge in [-0.05, 0) is 99.3 Å². The summed E-state index contributed by atoms with van der Waals surface area (Å²) in [5.74, 6) is 1.38. The molecule has 7 rings (SSSR count). The molecule has 0 unspecified atom stereocenters. The Morgan fingerprint density at radius 2 is 1.06 bits per heavy atom. The van der Waals surface area contributed by atoms with Crippen LogP contribution in [0, 0.1) is 0 Å². The molecule has 0 fully saturated rings. The van der Waals surface area contributed by atoms with Gasteiger partial charge in [0.1, 0.15) is 22.9 Å². The van der Waals surface area contributed by atoms with Crippen LogP contribution in [0.5, 0.6) is 11.5 Å². The Hall–Kier alpha value is -6.20. The summed E-state index contributed by atoms with van der Waals surface area (Å²) in [6.07, 6.45) is 0. The first-order chi connectivity index (χ1) is 32.6. The molecular weight excluding hydrogens is 979 g/mol. The van der Waals surface area contributed by atoms with E-state index in [2.05, 4.69) is 59.6 Å². The number of anilines is 6. The molecule has 0 aliphatic rings. The third-order valence-electron chi connectivity index (χ3n) is 10.2. The van der Waals surface area contributed by atoms with E-state index in [4.69, 9.17) is 14.5 Å². The van der Waals surface area contributed by atoms with E-state index in [0.717, 1.165) is 34.4 Å². The first kappa shape index (κ1) is 49.7. The maximum absolute atomic E-state index is 12.0. The number of aliphatic hydroxyl groups excluding tert-OH is 1. The fraction of sp³-hybridized carbons (Fsp3) is 0.293. The Kier molecular flexibility index (Phi) is 15.6. The summed E-state index contributed by atoms with van der Waals surface area (Å²) in [6, 6.07) is 15.0. The SMILES string of the molecule is CCN(CC)c1cc(Nc2nc(Nc3cc(N(CC)CC)c(OC)cc3/N=N/c3snc4ccc(S(=O)(=O)O)cc34)nc(SCCO)n2)c(/N=N/c2snc3ccc(S(=O)(=O)O)cc23)cc1OC. The molecule has 0 aliphatic carbocycles. The van der Waals surface area contributed by atoms with Crippen molar-refractivity contribution in [3.8, 4) is 11.5 Å². The highest BCUT2D eigenvalue weighted by molar-refractivity contribution is 7.99. The standard InChI is InChI=1S/C41H45N13O9S5/c1-7-53(8-2)33-19-29(31(21-35(33)62-5)47-49-37-25-17-23(67(56,57)58)11-13-27(25)51-65-37)42-39-44-40(46-41(45-39)64-16-15-55)43-30-20-34(54(9-3)10-4)36(63-6)22-32(30)48-50-38-26-18-24(68(59,60)61)12-14-28(26)52-66-38/h11-14,17-22,55H,7-10,15-16H2,1-6H3,(H,56,57,58)(H,59,60,61)(H2,42,43,44,45,46)/b49-47+,50-48+. The summed E-state index contributed by atoms with van der Waals surface area (Å²) < 4.78 is 87.6. The summed E-state index contributed by atoms with van der Waals surface area (Å²) in [5, 5.41) is 36.0. The van der Waals surface area contributed by atoms with E-state index >= 15 is 0 Å². The molecule has 0 amide bonds. The Morgan fingerprint density at radius 1 is 0.632 bits per heavy atom. The number of hydrogen-bond acceptors (Lipinski definition) is 23. The average Bonchev–Trinajstić information content (AvgIpc) is 3.93. The van der Waals surface area contributed by atoms with Crippen molar-refractivity contribution < 1.29 is 40.5 Å². The van der Waals surface area contributed by atoms with Crippen molar-refractivity contribution in [2.75, 3.05) is 73.2 Å². The summed E-state index contributed by atoms with van der Waals surface area (Å²) in [7, 11) is -5.94. The number of nitrogens with one attached hydrogen (secondary N) is 2. The van der Waals surface area contributed by atoms with E-state index in [1.54, 1.807) is 12.1 Å². The van der Waals surface area contributed by atoms with Crippen LogP contribution in [0.3, 0.4) is 0 Å². The lowest BCUT2D eigenvalue weighted by atomic mass is 10.2. The first-order valence-corrected chi connectivity index (χ1v) is 26.1. The number of hydrogen-bond donors (Lipinski definition) is 5. The van der Waals surface area contributed by atoms with Crippen LogP contribution in [-0.4, -0.2) is 108 Å². The van der Waals surface area contributed by atoms with Crippen LogP contribution >= 0.6 is 34.8 Å². The van der Waals surface area contributed by atoms with Gasteiger partial charge in [-0.25, -0.2) is 0 Å². The molecule has 0 bridgehead atoms. The minimum atomic E-state index is -4.51. The molecule has 0 saturated heterocycles. The van der Waals surface area contributed by atoms with Crippen LogP contribution in [0.4, 0.5) is 56.0 Å². The minimum Gasteiger partial charge on any atom is -0.494 e. The van der Waals surface area contributed by atoms with Gasteiger partial charge in [-0.3, -0.25) is 9.11 Å². The number of aromatic nitrogens is 5. The Bertz CT molecular complexity index is 3040. The first-order valence-electron chi connectivity index (χ1n) is 20.7. The molecule has 22 nitrogen and oxygen atoms in total. The van der Waals surface area contributed by atoms with Crippen molar-refractivity contribution >= 4 is 133 Å². The van der Waals surface area contributed by atoms with Crippen LogP contribution in [0.25, 0.3) is 21.8 Å². The van der Waals surface area contributed by atoms with Crippen molar-refractivity contribution in [3.63, 3.8) is 0 Å². The zero-order valence-corrected chi connectivity index (χ0v) is 41.4. The Morgan fingerprint density at radius 3 is 1.43 bits per heavy atom. The van der Waals surface area contributed by atoms with E-state index in [1.165, 1.54) is 62.4 Å². The van der Waals surface area contributed by atoms with Crippen molar-refractivity contribution in [1.82, 2.24) is 23.7 Å². The van der Waals surface area contributed by atoms with Crippen LogP contribution in [0.2, 0.25) is 0 Å². The van der Waals surface area contributed by atoms with Gasteiger partial charge < -0.3 is 35.0 Å². The van der Waals surface area contributed by atoms with Gasteiger partial charge in [0, 0.05) is 54.8 Å². The molecular formula is C41H45N13O9S5. The third-order valence-corrected chi connectivity index (χ3v) is 14.2. The fourth-order valence-corrected chi connectivity index (χ4v) is 9.78. The number of benzene rings is 4. The number of ether oxygens (including phenoxy) is 2. The van der Waals surface area contributed by atoms with E-state index in [9.17, 15) is 31.0 Å². The smallest absolute Gasteiger partial charge is 0.294 e. The lowest BCUT2D eigenvalue weighted by Crippen LogP contribution is -2.22. The van der Waals surface area contributed by atoms with Crippen molar-refractivity contribution in [2.45, 2.75) is 42.6 Å². The molecule has 4 aromatic carbocycles. The zero-order valence-electron chi connectivity index (χ0n) is 37.3. The topological polar surface area (TPSA) is 292 Å². The van der Waals surface area contributed by atoms with Gasteiger partial charge >= 0.3 is 0 Å². The van der Waals surface area contributed by atoms with E-state index in [0.29, 0.717) is 70.9 Å². The van der Waals surface area contributed by atoms with Crippen LogP contribution in [0.1, 0.15) is 27.7 Å². The average molecular weight is 1020 g/mol. The van der Waals surface area contributed by atoms with Gasteiger partial charge in [0.25, 0.3) is 20.2 Å². The van der Waals surface area contributed by atoms with Gasteiger partial charge in [0.15, 0.2) is 15.2 Å². The normalized spacial score (nSPS) is 12.1. The minimum absolute atomic E-state index is 0.0718. The lowest BCUT2D eigenvalue weighted by molar-refractivity contribution is 0.322. The number of rotatable bonds is 21. The predicted octanol–water partition coefficient (Wildman–Crippen LogP) is 9.70. The van der Waals surface area contributed by atoms with Crippen molar-refractivity contribution in [2.24, 2.45) is 20.5 Å². The van der Waals surface area contributed by atoms with Crippen molar-refractivity contribution in [1.29, 1.82) is 0 Å². The monoisotopic (exact) mass is 1020 g/mol. The van der Waals surface area contributed by atoms with Gasteiger partial charge in [0.2, 0.25) is 11.9 Å². The number of azo groups is 2. The van der Waals surface area contributed by atoms with Crippen LogP contribution in [-0.2, 0) is 20.2 Å². The summed E-state index contributed by atoms with van der Waals surface area (Å²) >= 11 is 3.16. The second-order valence-electron chi connectivity index (χ2n) is 14.2. The third kappa shape index (κ3) is 11.2. The highest BCUT2D eigenvalue weighted by atomic mass is 32.2. The molecule has 0 aliphatic heterocycles. The highest BCUT2D eigenvalue weighted by Gasteiger charge is 2.21. The van der Waals surface area contributed by atoms with E-state index < -0.39 is 20.2 Å². The van der Waals surface area contributed by atoms with Gasteiger partial charge in [0.05, 0.1) is 64.4 Å². The van der Waals surface area contributed by atoms with Gasteiger partial charge in [-0.15, -0.1) is 20.5 Å². The van der Waals surface area contributed by atoms with Crippen LogP contribution < -0.4 is 29.9 Å². The molecule has 0 saturated carbocycles. The maximum Gasteiger partial charge on any atom is 0.294 e. The summed E-state index contributed by atoms with van der Waals surface area (Å²) in [4.78, 5) is 17.6. The summed E-state index contributed by atoms with van der Waals surface area (Å²) in [5.41, 5.74) is 3.73. The van der Waals surface area contributed by atoms with Gasteiger partial charge in [-0.1, -0.05) is 11.8 Å². The number of thioether (sulfide) groups is 1. The predicted molar refractivity (Wildman–Crippen MR) is 265 cm³/mol. The molecule has 0 radical (unpaired) electrons. The summed E-state index contributed by atoms with van der Waals surface area (Å²) in [6.45, 7) is 10.4. The molecule has 68 heavy (non-hydrogen) atoms.